The highest BCUT2D eigenvalue weighted by atomic mass is 32.1. The van der Waals surface area contributed by atoms with Crippen LogP contribution < -0.4 is 0 Å². The molecule has 0 unspecified atom stereocenters. The topological polar surface area (TPSA) is 17.3 Å². The number of nitrogens with zero attached hydrogens (tertiary/aromatic N) is 2. The van der Waals surface area contributed by atoms with E-state index in [1.165, 1.54) is 86.6 Å². The van der Waals surface area contributed by atoms with Gasteiger partial charge in [-0.1, -0.05) is 176 Å². The van der Waals surface area contributed by atoms with Crippen LogP contribution >= 0.6 is 11.3 Å². The van der Waals surface area contributed by atoms with Gasteiger partial charge in [0, 0.05) is 15.5 Å². The van der Waals surface area contributed by atoms with Gasteiger partial charge in [-0.3, -0.25) is 4.40 Å². The minimum absolute atomic E-state index is 1.01. The molecule has 12 rings (SSSR count). The van der Waals surface area contributed by atoms with E-state index in [0.29, 0.717) is 0 Å². The van der Waals surface area contributed by atoms with E-state index in [2.05, 4.69) is 223 Å². The van der Waals surface area contributed by atoms with E-state index in [1.807, 2.05) is 11.3 Å². The molecular formula is C57H36N2S. The molecule has 12 aromatic rings. The molecule has 60 heavy (non-hydrogen) atoms. The van der Waals surface area contributed by atoms with Crippen LogP contribution in [-0.4, -0.2) is 9.38 Å². The predicted molar refractivity (Wildman–Crippen MR) is 256 cm³/mol. The summed E-state index contributed by atoms with van der Waals surface area (Å²) < 4.78 is 4.86. The highest BCUT2D eigenvalue weighted by molar-refractivity contribution is 7.26. The molecule has 0 saturated heterocycles. The summed E-state index contributed by atoms with van der Waals surface area (Å²) in [6, 6.07) is 79.4. The maximum atomic E-state index is 5.18. The van der Waals surface area contributed by atoms with E-state index in [9.17, 15) is 0 Å². The highest BCUT2D eigenvalue weighted by Crippen LogP contribution is 2.42. The van der Waals surface area contributed by atoms with Gasteiger partial charge < -0.3 is 0 Å². The van der Waals surface area contributed by atoms with Gasteiger partial charge in [0.15, 0.2) is 5.65 Å². The molecular weight excluding hydrogens is 745 g/mol. The monoisotopic (exact) mass is 780 g/mol. The molecule has 0 saturated carbocycles. The molecule has 3 aromatic heterocycles. The van der Waals surface area contributed by atoms with Gasteiger partial charge in [0.1, 0.15) is 0 Å². The molecule has 2 nitrogen and oxygen atoms in total. The maximum Gasteiger partial charge on any atom is 0.156 e. The second-order valence-corrected chi connectivity index (χ2v) is 16.6. The molecule has 0 bridgehead atoms. The number of fused-ring (bicyclic) bond motifs is 8. The van der Waals surface area contributed by atoms with E-state index in [4.69, 9.17) is 4.98 Å². The van der Waals surface area contributed by atoms with Crippen LogP contribution in [0.15, 0.2) is 218 Å². The van der Waals surface area contributed by atoms with Crippen LogP contribution in [0.25, 0.3) is 115 Å². The molecule has 0 aliphatic heterocycles. The lowest BCUT2D eigenvalue weighted by Crippen LogP contribution is -1.93. The van der Waals surface area contributed by atoms with Crippen LogP contribution in [0, 0.1) is 0 Å². The van der Waals surface area contributed by atoms with Gasteiger partial charge in [0.25, 0.3) is 0 Å². The van der Waals surface area contributed by atoms with Gasteiger partial charge in [0.05, 0.1) is 21.4 Å². The molecule has 0 radical (unpaired) electrons. The summed E-state index contributed by atoms with van der Waals surface area (Å²) in [4.78, 5) is 5.18. The SMILES string of the molecule is c1ccc(-c2cc(-c3ccccc3)cc(-c3ccc(-c4ccc(-c5ccc(-c6cc7c8ccccc8sc7c7nc8ccccc8n67)cc5)c5ccccc45)cc3)c2)cc1. The van der Waals surface area contributed by atoms with Crippen LogP contribution in [0.4, 0.5) is 0 Å². The van der Waals surface area contributed by atoms with Gasteiger partial charge in [0.2, 0.25) is 0 Å². The van der Waals surface area contributed by atoms with Crippen molar-refractivity contribution in [2.45, 2.75) is 0 Å². The first-order valence-corrected chi connectivity index (χ1v) is 21.3. The minimum Gasteiger partial charge on any atom is -0.291 e. The summed E-state index contributed by atoms with van der Waals surface area (Å²) in [7, 11) is 0. The van der Waals surface area contributed by atoms with Crippen molar-refractivity contribution < 1.29 is 0 Å². The van der Waals surface area contributed by atoms with Crippen LogP contribution in [0.3, 0.4) is 0 Å². The fourth-order valence-corrected chi connectivity index (χ4v) is 10.2. The van der Waals surface area contributed by atoms with E-state index >= 15 is 0 Å². The zero-order valence-corrected chi connectivity index (χ0v) is 33.4. The van der Waals surface area contributed by atoms with Crippen molar-refractivity contribution in [3.63, 3.8) is 0 Å². The lowest BCUT2D eigenvalue weighted by atomic mass is 9.90. The van der Waals surface area contributed by atoms with Crippen molar-refractivity contribution in [2.24, 2.45) is 0 Å². The fourth-order valence-electron chi connectivity index (χ4n) is 9.06. The number of thiophene rings is 1. The Kier molecular flexibility index (Phi) is 8.07. The normalized spacial score (nSPS) is 11.7. The number of hydrogen-bond acceptors (Lipinski definition) is 2. The molecule has 0 aliphatic carbocycles. The average Bonchev–Trinajstić information content (AvgIpc) is 3.91. The van der Waals surface area contributed by atoms with Gasteiger partial charge in [-0.25, -0.2) is 4.98 Å². The van der Waals surface area contributed by atoms with E-state index in [1.54, 1.807) is 0 Å². The number of aromatic nitrogens is 2. The average molecular weight is 781 g/mol. The lowest BCUT2D eigenvalue weighted by molar-refractivity contribution is 1.25. The summed E-state index contributed by atoms with van der Waals surface area (Å²) >= 11 is 1.83. The van der Waals surface area contributed by atoms with Gasteiger partial charge in [-0.15, -0.1) is 11.3 Å². The number of pyridine rings is 1. The summed E-state index contributed by atoms with van der Waals surface area (Å²) in [6.45, 7) is 0. The minimum atomic E-state index is 1.01. The summed E-state index contributed by atoms with van der Waals surface area (Å²) in [6.07, 6.45) is 0. The van der Waals surface area contributed by atoms with Crippen molar-refractivity contribution in [2.75, 3.05) is 0 Å². The van der Waals surface area contributed by atoms with Crippen molar-refractivity contribution in [1.29, 1.82) is 0 Å². The van der Waals surface area contributed by atoms with Crippen LogP contribution in [-0.2, 0) is 0 Å². The van der Waals surface area contributed by atoms with Gasteiger partial charge >= 0.3 is 0 Å². The Balaban J connectivity index is 0.919. The third kappa shape index (κ3) is 5.74. The van der Waals surface area contributed by atoms with Crippen LogP contribution in [0.5, 0.6) is 0 Å². The molecule has 3 heteroatoms. The number of para-hydroxylation sites is 2. The predicted octanol–water partition coefficient (Wildman–Crippen LogP) is 16.0. The fraction of sp³-hybridized carbons (Fsp3) is 0. The molecule has 0 aliphatic rings. The summed E-state index contributed by atoms with van der Waals surface area (Å²) in [5.41, 5.74) is 17.6. The Bertz CT molecular complexity index is 3500. The first-order chi connectivity index (χ1) is 29.7. The third-order valence-electron chi connectivity index (χ3n) is 12.0. The van der Waals surface area contributed by atoms with E-state index < -0.39 is 0 Å². The second kappa shape index (κ2) is 14.1. The molecule has 0 spiro atoms. The lowest BCUT2D eigenvalue weighted by Gasteiger charge is -2.14. The standard InChI is InChI=1S/C57H36N2S/c1-3-13-37(14-4-1)43-33-44(38-15-5-2-6-16-38)35-45(34-43)39-23-25-40(26-24-39)46-31-32-47(49-18-8-7-17-48(46)49)41-27-29-42(30-28-41)54-36-51-50-19-9-12-22-55(50)60-56(51)57-58-52-20-10-11-21-53(52)59(54)57/h1-36H. The quantitative estimate of drug-likeness (QED) is 0.164. The maximum absolute atomic E-state index is 5.18. The van der Waals surface area contributed by atoms with Crippen molar-refractivity contribution in [3.8, 4) is 66.9 Å². The number of benzene rings is 9. The Morgan fingerprint density at radius 1 is 0.333 bits per heavy atom. The number of imidazole rings is 1. The second-order valence-electron chi connectivity index (χ2n) is 15.5. The third-order valence-corrected chi connectivity index (χ3v) is 13.2. The molecule has 0 fully saturated rings. The van der Waals surface area contributed by atoms with Crippen molar-refractivity contribution in [3.05, 3.63) is 218 Å². The molecule has 3 heterocycles. The first kappa shape index (κ1) is 34.5. The van der Waals surface area contributed by atoms with E-state index in [-0.39, 0.29) is 0 Å². The van der Waals surface area contributed by atoms with Gasteiger partial charge in [-0.05, 0) is 114 Å². The van der Waals surface area contributed by atoms with Gasteiger partial charge in [-0.2, -0.15) is 0 Å². The molecule has 0 N–H and O–H groups in total. The first-order valence-electron chi connectivity index (χ1n) is 20.4. The Morgan fingerprint density at radius 3 is 1.40 bits per heavy atom. The largest absolute Gasteiger partial charge is 0.291 e. The Labute approximate surface area is 351 Å². The number of hydrogen-bond donors (Lipinski definition) is 0. The molecule has 280 valence electrons. The van der Waals surface area contributed by atoms with Crippen LogP contribution in [0.2, 0.25) is 0 Å². The smallest absolute Gasteiger partial charge is 0.156 e. The summed E-state index contributed by atoms with van der Waals surface area (Å²) in [5.74, 6) is 0. The molecule has 0 atom stereocenters. The van der Waals surface area contributed by atoms with Crippen molar-refractivity contribution >= 4 is 59.0 Å². The van der Waals surface area contributed by atoms with Crippen molar-refractivity contribution in [1.82, 2.24) is 9.38 Å². The zero-order chi connectivity index (χ0) is 39.6. The molecule has 9 aromatic carbocycles. The van der Waals surface area contributed by atoms with Crippen LogP contribution in [0.1, 0.15) is 0 Å². The zero-order valence-electron chi connectivity index (χ0n) is 32.6. The van der Waals surface area contributed by atoms with E-state index in [0.717, 1.165) is 27.9 Å². The highest BCUT2D eigenvalue weighted by Gasteiger charge is 2.18. The summed E-state index contributed by atoms with van der Waals surface area (Å²) in [5, 5.41) is 5.01. The molecule has 0 amide bonds. The number of rotatable bonds is 6. The Morgan fingerprint density at radius 2 is 0.800 bits per heavy atom. The Hall–Kier alpha value is -7.59.